The quantitative estimate of drug-likeness (QED) is 0.552. The second kappa shape index (κ2) is 9.63. The van der Waals surface area contributed by atoms with Crippen LogP contribution in [0.4, 0.5) is 5.69 Å². The number of halogens is 1. The number of rotatable bonds is 6. The molecule has 31 heavy (non-hydrogen) atoms. The number of para-hydroxylation sites is 1. The Hall–Kier alpha value is -3.36. The summed E-state index contributed by atoms with van der Waals surface area (Å²) >= 11 is 5.85. The molecule has 0 aliphatic heterocycles. The lowest BCUT2D eigenvalue weighted by atomic mass is 10.2. The number of benzene rings is 3. The normalized spacial score (nSPS) is 10.9. The number of anilines is 1. The summed E-state index contributed by atoms with van der Waals surface area (Å²) in [4.78, 5) is 24.5. The summed E-state index contributed by atoms with van der Waals surface area (Å²) in [5, 5.41) is 0.396. The molecule has 0 heterocycles. The maximum Gasteiger partial charge on any atom is 0.269 e. The average Bonchev–Trinajstić information content (AvgIpc) is 2.78. The van der Waals surface area contributed by atoms with Gasteiger partial charge in [-0.3, -0.25) is 24.7 Å². The Bertz CT molecular complexity index is 1180. The molecule has 0 saturated heterocycles. The third kappa shape index (κ3) is 5.22. The molecule has 0 bridgehead atoms. The number of nitrogens with one attached hydrogen (secondary N) is 2. The fraction of sp³-hybridized carbons (Fsp3) is 0.0909. The number of hydrazine groups is 1. The van der Waals surface area contributed by atoms with E-state index in [2.05, 4.69) is 10.9 Å². The zero-order chi connectivity index (χ0) is 22.4. The van der Waals surface area contributed by atoms with Crippen LogP contribution in [0.1, 0.15) is 27.6 Å². The highest BCUT2D eigenvalue weighted by molar-refractivity contribution is 7.92. The van der Waals surface area contributed by atoms with Crippen LogP contribution >= 0.6 is 11.6 Å². The predicted octanol–water partition coefficient (Wildman–Crippen LogP) is 3.63. The van der Waals surface area contributed by atoms with Crippen LogP contribution in [0.2, 0.25) is 5.02 Å². The van der Waals surface area contributed by atoms with Crippen LogP contribution in [0, 0.1) is 0 Å². The summed E-state index contributed by atoms with van der Waals surface area (Å²) in [5.74, 6) is -1.12. The van der Waals surface area contributed by atoms with Gasteiger partial charge in [0.25, 0.3) is 21.8 Å². The van der Waals surface area contributed by atoms with E-state index >= 15 is 0 Å². The van der Waals surface area contributed by atoms with Crippen LogP contribution in [0.5, 0.6) is 0 Å². The van der Waals surface area contributed by atoms with Gasteiger partial charge in [0.2, 0.25) is 0 Å². The van der Waals surface area contributed by atoms with Crippen LogP contribution in [-0.2, 0) is 10.0 Å². The van der Waals surface area contributed by atoms with E-state index < -0.39 is 21.8 Å². The second-order valence-electron chi connectivity index (χ2n) is 6.45. The molecule has 7 nitrogen and oxygen atoms in total. The molecule has 0 atom stereocenters. The summed E-state index contributed by atoms with van der Waals surface area (Å²) in [6, 6.07) is 20.5. The van der Waals surface area contributed by atoms with Crippen LogP contribution in [-0.4, -0.2) is 26.8 Å². The van der Waals surface area contributed by atoms with E-state index in [9.17, 15) is 18.0 Å². The largest absolute Gasteiger partial charge is 0.269 e. The second-order valence-corrected chi connectivity index (χ2v) is 8.75. The van der Waals surface area contributed by atoms with Crippen molar-refractivity contribution in [2.45, 2.75) is 11.8 Å². The standard InChI is InChI=1S/C22H20ClN3O4S/c1-2-26(19-9-4-3-5-10-19)31(29,30)20-13-11-16(12-14-20)21(27)24-25-22(28)17-7-6-8-18(23)15-17/h3-15H,2H2,1H3,(H,24,27)(H,25,28). The van der Waals surface area contributed by atoms with Crippen LogP contribution in [0.3, 0.4) is 0 Å². The summed E-state index contributed by atoms with van der Waals surface area (Å²) in [5.41, 5.74) is 5.61. The highest BCUT2D eigenvalue weighted by Crippen LogP contribution is 2.23. The molecule has 0 unspecified atom stereocenters. The van der Waals surface area contributed by atoms with Gasteiger partial charge in [-0.25, -0.2) is 8.42 Å². The summed E-state index contributed by atoms with van der Waals surface area (Å²) in [7, 11) is -3.79. The fourth-order valence-electron chi connectivity index (χ4n) is 2.88. The molecule has 3 rings (SSSR count). The number of amides is 2. The van der Waals surface area contributed by atoms with E-state index in [1.165, 1.54) is 34.6 Å². The van der Waals surface area contributed by atoms with Crippen molar-refractivity contribution in [3.8, 4) is 0 Å². The highest BCUT2D eigenvalue weighted by atomic mass is 35.5. The van der Waals surface area contributed by atoms with Gasteiger partial charge in [0.1, 0.15) is 0 Å². The van der Waals surface area contributed by atoms with Crippen molar-refractivity contribution in [3.05, 3.63) is 95.0 Å². The zero-order valence-corrected chi connectivity index (χ0v) is 18.2. The molecule has 0 saturated carbocycles. The maximum absolute atomic E-state index is 13.0. The molecular weight excluding hydrogens is 438 g/mol. The van der Waals surface area contributed by atoms with Crippen LogP contribution in [0.25, 0.3) is 0 Å². The lowest BCUT2D eigenvalue weighted by molar-refractivity contribution is 0.0846. The molecular formula is C22H20ClN3O4S. The van der Waals surface area contributed by atoms with E-state index in [0.717, 1.165) is 0 Å². The number of sulfonamides is 1. The Morgan fingerprint density at radius 2 is 1.45 bits per heavy atom. The van der Waals surface area contributed by atoms with Gasteiger partial charge in [0.05, 0.1) is 10.6 Å². The molecule has 0 radical (unpaired) electrons. The van der Waals surface area contributed by atoms with E-state index in [-0.39, 0.29) is 22.6 Å². The molecule has 9 heteroatoms. The lowest BCUT2D eigenvalue weighted by Gasteiger charge is -2.23. The molecule has 0 aliphatic rings. The summed E-state index contributed by atoms with van der Waals surface area (Å²) in [6.07, 6.45) is 0. The van der Waals surface area contributed by atoms with Gasteiger partial charge in [0, 0.05) is 22.7 Å². The SMILES string of the molecule is CCN(c1ccccc1)S(=O)(=O)c1ccc(C(=O)NNC(=O)c2cccc(Cl)c2)cc1. The van der Waals surface area contributed by atoms with E-state index in [1.54, 1.807) is 49.4 Å². The molecule has 160 valence electrons. The first-order chi connectivity index (χ1) is 14.8. The van der Waals surface area contributed by atoms with Crippen molar-refractivity contribution in [1.82, 2.24) is 10.9 Å². The minimum absolute atomic E-state index is 0.0534. The average molecular weight is 458 g/mol. The first-order valence-electron chi connectivity index (χ1n) is 9.37. The molecule has 0 spiro atoms. The molecule has 2 N–H and O–H groups in total. The Labute approximate surface area is 185 Å². The van der Waals surface area contributed by atoms with Gasteiger partial charge >= 0.3 is 0 Å². The van der Waals surface area contributed by atoms with Gasteiger partial charge in [-0.1, -0.05) is 35.9 Å². The Morgan fingerprint density at radius 1 is 0.839 bits per heavy atom. The van der Waals surface area contributed by atoms with Crippen LogP contribution in [0.15, 0.2) is 83.8 Å². The number of nitrogens with zero attached hydrogens (tertiary/aromatic N) is 1. The first kappa shape index (κ1) is 22.3. The Kier molecular flexibility index (Phi) is 6.94. The maximum atomic E-state index is 13.0. The van der Waals surface area contributed by atoms with Crippen molar-refractivity contribution in [3.63, 3.8) is 0 Å². The summed E-state index contributed by atoms with van der Waals surface area (Å²) in [6.45, 7) is 2.00. The van der Waals surface area contributed by atoms with E-state index in [4.69, 9.17) is 11.6 Å². The minimum Gasteiger partial charge on any atom is -0.267 e. The zero-order valence-electron chi connectivity index (χ0n) is 16.6. The van der Waals surface area contributed by atoms with Gasteiger partial charge in [-0.05, 0) is 61.5 Å². The number of carbonyl (C=O) groups excluding carboxylic acids is 2. The van der Waals surface area contributed by atoms with Gasteiger partial charge < -0.3 is 0 Å². The molecule has 0 fully saturated rings. The predicted molar refractivity (Wildman–Crippen MR) is 119 cm³/mol. The Morgan fingerprint density at radius 3 is 2.03 bits per heavy atom. The first-order valence-corrected chi connectivity index (χ1v) is 11.2. The third-order valence-electron chi connectivity index (χ3n) is 4.41. The van der Waals surface area contributed by atoms with Crippen molar-refractivity contribution in [1.29, 1.82) is 0 Å². The van der Waals surface area contributed by atoms with E-state index in [1.807, 2.05) is 6.07 Å². The van der Waals surface area contributed by atoms with Gasteiger partial charge in [-0.2, -0.15) is 0 Å². The molecule has 3 aromatic rings. The smallest absolute Gasteiger partial charge is 0.267 e. The fourth-order valence-corrected chi connectivity index (χ4v) is 4.54. The Balaban J connectivity index is 1.70. The number of carbonyl (C=O) groups is 2. The van der Waals surface area contributed by atoms with Crippen molar-refractivity contribution in [2.24, 2.45) is 0 Å². The topological polar surface area (TPSA) is 95.6 Å². The monoisotopic (exact) mass is 457 g/mol. The molecule has 2 amide bonds. The van der Waals surface area contributed by atoms with Crippen LogP contribution < -0.4 is 15.2 Å². The summed E-state index contributed by atoms with van der Waals surface area (Å²) < 4.78 is 27.3. The lowest BCUT2D eigenvalue weighted by Crippen LogP contribution is -2.41. The van der Waals surface area contributed by atoms with Gasteiger partial charge in [-0.15, -0.1) is 0 Å². The van der Waals surface area contributed by atoms with E-state index in [0.29, 0.717) is 10.7 Å². The minimum atomic E-state index is -3.79. The van der Waals surface area contributed by atoms with Gasteiger partial charge in [0.15, 0.2) is 0 Å². The molecule has 3 aromatic carbocycles. The third-order valence-corrected chi connectivity index (χ3v) is 6.56. The molecule has 0 aromatic heterocycles. The molecule has 0 aliphatic carbocycles. The van der Waals surface area contributed by atoms with Crippen molar-refractivity contribution >= 4 is 39.1 Å². The van der Waals surface area contributed by atoms with Crippen molar-refractivity contribution in [2.75, 3.05) is 10.8 Å². The number of hydrogen-bond acceptors (Lipinski definition) is 4. The van der Waals surface area contributed by atoms with Crippen molar-refractivity contribution < 1.29 is 18.0 Å². The highest BCUT2D eigenvalue weighted by Gasteiger charge is 2.23. The number of hydrogen-bond donors (Lipinski definition) is 2.